The van der Waals surface area contributed by atoms with Crippen LogP contribution in [0.15, 0.2) is 36.7 Å². The van der Waals surface area contributed by atoms with Crippen LogP contribution in [-0.2, 0) is 19.8 Å². The van der Waals surface area contributed by atoms with Crippen molar-refractivity contribution in [1.82, 2.24) is 14.8 Å². The number of nitrogens with zero attached hydrogens (tertiary/aromatic N) is 3. The molecular formula is C14H21N3O3Si. The molecule has 0 atom stereocenters. The third-order valence-electron chi connectivity index (χ3n) is 3.43. The van der Waals surface area contributed by atoms with E-state index in [9.17, 15) is 0 Å². The summed E-state index contributed by atoms with van der Waals surface area (Å²) in [6, 6.07) is 10.8. The molecule has 0 radical (unpaired) electrons. The lowest BCUT2D eigenvalue weighted by Gasteiger charge is -2.24. The molecule has 0 aliphatic rings. The number of hydrogen-bond donors (Lipinski definition) is 0. The second kappa shape index (κ2) is 7.46. The van der Waals surface area contributed by atoms with Crippen LogP contribution >= 0.6 is 0 Å². The van der Waals surface area contributed by atoms with Crippen LogP contribution in [0.4, 0.5) is 0 Å². The first-order valence-electron chi connectivity index (χ1n) is 6.83. The molecule has 0 aliphatic carbocycles. The summed E-state index contributed by atoms with van der Waals surface area (Å²) in [4.78, 5) is 4.33. The van der Waals surface area contributed by atoms with Crippen molar-refractivity contribution in [3.05, 3.63) is 36.7 Å². The monoisotopic (exact) mass is 307 g/mol. The largest absolute Gasteiger partial charge is 0.500 e. The van der Waals surface area contributed by atoms with Gasteiger partial charge in [-0.15, -0.1) is 0 Å². The fourth-order valence-corrected chi connectivity index (χ4v) is 3.94. The molecule has 1 aromatic carbocycles. The fraction of sp³-hybridized carbons (Fsp3) is 0.429. The van der Waals surface area contributed by atoms with E-state index < -0.39 is 8.80 Å². The number of hydrogen-bond acceptors (Lipinski definition) is 5. The van der Waals surface area contributed by atoms with Gasteiger partial charge in [-0.25, -0.2) is 9.67 Å². The first-order chi connectivity index (χ1) is 10.2. The number of rotatable bonds is 8. The summed E-state index contributed by atoms with van der Waals surface area (Å²) in [6.07, 6.45) is 2.43. The molecule has 0 amide bonds. The topological polar surface area (TPSA) is 58.4 Å². The Morgan fingerprint density at radius 3 is 2.33 bits per heavy atom. The Hall–Kier alpha value is -1.54. The zero-order chi connectivity index (χ0) is 15.1. The van der Waals surface area contributed by atoms with Gasteiger partial charge in [0.1, 0.15) is 6.33 Å². The van der Waals surface area contributed by atoms with E-state index in [4.69, 9.17) is 13.3 Å². The Labute approximate surface area is 126 Å². The Kier molecular flexibility index (Phi) is 5.63. The average molecular weight is 307 g/mol. The molecule has 7 heteroatoms. The van der Waals surface area contributed by atoms with Crippen LogP contribution in [0, 0.1) is 0 Å². The Bertz CT molecular complexity index is 535. The molecule has 0 fully saturated rings. The highest BCUT2D eigenvalue weighted by atomic mass is 28.4. The molecule has 0 bridgehead atoms. The molecule has 1 aromatic heterocycles. The summed E-state index contributed by atoms with van der Waals surface area (Å²) in [7, 11) is 2.38. The second-order valence-corrected chi connectivity index (χ2v) is 7.66. The average Bonchev–Trinajstić information content (AvgIpc) is 3.01. The van der Waals surface area contributed by atoms with Gasteiger partial charge in [0.15, 0.2) is 5.82 Å². The van der Waals surface area contributed by atoms with Gasteiger partial charge in [-0.1, -0.05) is 30.3 Å². The molecule has 114 valence electrons. The summed E-state index contributed by atoms with van der Waals surface area (Å²) in [5, 5.41) is 4.29. The molecule has 0 aliphatic heterocycles. The van der Waals surface area contributed by atoms with Crippen molar-refractivity contribution in [3.63, 3.8) is 0 Å². The number of aryl methyl sites for hydroxylation is 1. The van der Waals surface area contributed by atoms with E-state index in [1.54, 1.807) is 27.7 Å². The first kappa shape index (κ1) is 15.8. The van der Waals surface area contributed by atoms with Crippen molar-refractivity contribution in [1.29, 1.82) is 0 Å². The Morgan fingerprint density at radius 2 is 1.71 bits per heavy atom. The molecule has 1 heterocycles. The van der Waals surface area contributed by atoms with E-state index in [1.165, 1.54) is 0 Å². The lowest BCUT2D eigenvalue weighted by Crippen LogP contribution is -2.42. The zero-order valence-corrected chi connectivity index (χ0v) is 13.7. The van der Waals surface area contributed by atoms with Crippen molar-refractivity contribution >= 4 is 8.80 Å². The highest BCUT2D eigenvalue weighted by molar-refractivity contribution is 6.60. The molecule has 0 unspecified atom stereocenters. The minimum atomic E-state index is -2.51. The minimum absolute atomic E-state index is 0.741. The normalized spacial score (nSPS) is 11.8. The molecular weight excluding hydrogens is 286 g/mol. The summed E-state index contributed by atoms with van der Waals surface area (Å²) >= 11 is 0. The summed E-state index contributed by atoms with van der Waals surface area (Å²) < 4.78 is 18.2. The van der Waals surface area contributed by atoms with Gasteiger partial charge in [-0.3, -0.25) is 0 Å². The lowest BCUT2D eigenvalue weighted by molar-refractivity contribution is 0.122. The van der Waals surface area contributed by atoms with Crippen LogP contribution in [0.25, 0.3) is 11.4 Å². The second-order valence-electron chi connectivity index (χ2n) is 4.57. The van der Waals surface area contributed by atoms with E-state index in [2.05, 4.69) is 10.1 Å². The van der Waals surface area contributed by atoms with Gasteiger partial charge in [0.2, 0.25) is 0 Å². The van der Waals surface area contributed by atoms with Crippen LogP contribution < -0.4 is 0 Å². The number of aromatic nitrogens is 3. The molecule has 2 rings (SSSR count). The fourth-order valence-electron chi connectivity index (χ4n) is 2.24. The zero-order valence-electron chi connectivity index (χ0n) is 12.7. The van der Waals surface area contributed by atoms with Crippen LogP contribution in [0.5, 0.6) is 0 Å². The molecule has 0 saturated carbocycles. The summed E-state index contributed by atoms with van der Waals surface area (Å²) in [6.45, 7) is 0.745. The van der Waals surface area contributed by atoms with Crippen LogP contribution in [0.3, 0.4) is 0 Å². The molecule has 6 nitrogen and oxygen atoms in total. The number of benzene rings is 1. The van der Waals surface area contributed by atoms with Crippen molar-refractivity contribution in [2.45, 2.75) is 19.0 Å². The van der Waals surface area contributed by atoms with Gasteiger partial charge in [0.05, 0.1) is 0 Å². The van der Waals surface area contributed by atoms with Crippen molar-refractivity contribution in [3.8, 4) is 11.4 Å². The molecule has 0 spiro atoms. The van der Waals surface area contributed by atoms with E-state index in [1.807, 2.05) is 35.0 Å². The van der Waals surface area contributed by atoms with Crippen molar-refractivity contribution in [2.24, 2.45) is 0 Å². The van der Waals surface area contributed by atoms with Gasteiger partial charge >= 0.3 is 8.80 Å². The quantitative estimate of drug-likeness (QED) is 0.700. The van der Waals surface area contributed by atoms with Crippen LogP contribution in [0.2, 0.25) is 6.04 Å². The SMILES string of the molecule is CO[Si](CCCn1ncnc1-c1ccccc1)(OC)OC. The van der Waals surface area contributed by atoms with Gasteiger partial charge in [0, 0.05) is 39.5 Å². The predicted octanol–water partition coefficient (Wildman–Crippen LogP) is 2.21. The van der Waals surface area contributed by atoms with Crippen LogP contribution in [-0.4, -0.2) is 44.9 Å². The van der Waals surface area contributed by atoms with E-state index in [0.717, 1.165) is 30.4 Å². The van der Waals surface area contributed by atoms with E-state index in [-0.39, 0.29) is 0 Å². The van der Waals surface area contributed by atoms with Gasteiger partial charge in [-0.05, 0) is 6.42 Å². The summed E-state index contributed by atoms with van der Waals surface area (Å²) in [5.41, 5.74) is 1.06. The van der Waals surface area contributed by atoms with E-state index in [0.29, 0.717) is 0 Å². The smallest absolute Gasteiger partial charge is 0.377 e. The standard InChI is InChI=1S/C14H21N3O3Si/c1-18-21(19-2,20-3)11-7-10-17-14(15-12-16-17)13-8-5-4-6-9-13/h4-6,8-9,12H,7,10-11H2,1-3H3. The lowest BCUT2D eigenvalue weighted by atomic mass is 10.2. The highest BCUT2D eigenvalue weighted by Crippen LogP contribution is 2.19. The Morgan fingerprint density at radius 1 is 1.05 bits per heavy atom. The van der Waals surface area contributed by atoms with Crippen molar-refractivity contribution < 1.29 is 13.3 Å². The third kappa shape index (κ3) is 3.76. The van der Waals surface area contributed by atoms with Gasteiger partial charge in [0.25, 0.3) is 0 Å². The van der Waals surface area contributed by atoms with Gasteiger partial charge in [-0.2, -0.15) is 5.10 Å². The Balaban J connectivity index is 2.01. The highest BCUT2D eigenvalue weighted by Gasteiger charge is 2.36. The maximum atomic E-state index is 5.42. The predicted molar refractivity (Wildman–Crippen MR) is 81.7 cm³/mol. The third-order valence-corrected chi connectivity index (χ3v) is 6.27. The van der Waals surface area contributed by atoms with Crippen LogP contribution in [0.1, 0.15) is 6.42 Å². The summed E-state index contributed by atoms with van der Waals surface area (Å²) in [5.74, 6) is 0.870. The molecule has 0 N–H and O–H groups in total. The maximum Gasteiger partial charge on any atom is 0.500 e. The van der Waals surface area contributed by atoms with Crippen molar-refractivity contribution in [2.75, 3.05) is 21.3 Å². The van der Waals surface area contributed by atoms with E-state index >= 15 is 0 Å². The van der Waals surface area contributed by atoms with Gasteiger partial charge < -0.3 is 13.3 Å². The minimum Gasteiger partial charge on any atom is -0.377 e. The maximum absolute atomic E-state index is 5.42. The first-order valence-corrected chi connectivity index (χ1v) is 8.76. The molecule has 2 aromatic rings. The molecule has 21 heavy (non-hydrogen) atoms. The molecule has 0 saturated heterocycles.